The van der Waals surface area contributed by atoms with Crippen LogP contribution in [0.3, 0.4) is 0 Å². The standard InChI is InChI=1S/C12H14N4/c1-16(10-7-13-8-10)12-11-5-3-2-4-9(11)6-14-15-12/h2-6,10,13H,7-8H2,1H3. The van der Waals surface area contributed by atoms with Gasteiger partial charge in [-0.15, -0.1) is 5.10 Å². The monoisotopic (exact) mass is 214 g/mol. The minimum Gasteiger partial charge on any atom is -0.352 e. The molecule has 0 atom stereocenters. The van der Waals surface area contributed by atoms with Crippen LogP contribution in [0.5, 0.6) is 0 Å². The van der Waals surface area contributed by atoms with E-state index < -0.39 is 0 Å². The number of hydrogen-bond donors (Lipinski definition) is 1. The van der Waals surface area contributed by atoms with Gasteiger partial charge in [-0.3, -0.25) is 0 Å². The highest BCUT2D eigenvalue weighted by atomic mass is 15.3. The second-order valence-corrected chi connectivity index (χ2v) is 4.18. The Hall–Kier alpha value is -1.68. The molecular formula is C12H14N4. The van der Waals surface area contributed by atoms with E-state index in [1.165, 1.54) is 5.39 Å². The molecule has 0 unspecified atom stereocenters. The molecule has 4 nitrogen and oxygen atoms in total. The summed E-state index contributed by atoms with van der Waals surface area (Å²) in [4.78, 5) is 2.21. The second-order valence-electron chi connectivity index (χ2n) is 4.18. The summed E-state index contributed by atoms with van der Waals surface area (Å²) < 4.78 is 0. The van der Waals surface area contributed by atoms with Crippen LogP contribution in [0.15, 0.2) is 30.5 Å². The van der Waals surface area contributed by atoms with Crippen molar-refractivity contribution < 1.29 is 0 Å². The molecule has 0 aliphatic carbocycles. The molecule has 4 heteroatoms. The molecule has 1 aliphatic heterocycles. The van der Waals surface area contributed by atoms with Gasteiger partial charge < -0.3 is 10.2 Å². The van der Waals surface area contributed by atoms with E-state index in [1.807, 2.05) is 18.3 Å². The van der Waals surface area contributed by atoms with E-state index in [1.54, 1.807) is 0 Å². The average molecular weight is 214 g/mol. The van der Waals surface area contributed by atoms with Crippen molar-refractivity contribution in [3.63, 3.8) is 0 Å². The lowest BCUT2D eigenvalue weighted by molar-refractivity contribution is 0.427. The molecule has 1 saturated heterocycles. The highest BCUT2D eigenvalue weighted by Gasteiger charge is 2.23. The van der Waals surface area contributed by atoms with Gasteiger partial charge in [0, 0.05) is 30.9 Å². The maximum Gasteiger partial charge on any atom is 0.159 e. The number of likely N-dealkylation sites (N-methyl/N-ethyl adjacent to an activating group) is 1. The number of nitrogens with one attached hydrogen (secondary N) is 1. The van der Waals surface area contributed by atoms with Crippen LogP contribution >= 0.6 is 0 Å². The summed E-state index contributed by atoms with van der Waals surface area (Å²) >= 11 is 0. The molecule has 2 aromatic rings. The van der Waals surface area contributed by atoms with Gasteiger partial charge in [-0.2, -0.15) is 5.10 Å². The first kappa shape index (κ1) is 9.54. The number of benzene rings is 1. The third-order valence-corrected chi connectivity index (χ3v) is 3.19. The fourth-order valence-electron chi connectivity index (χ4n) is 1.99. The predicted octanol–water partition coefficient (Wildman–Crippen LogP) is 1.04. The van der Waals surface area contributed by atoms with Gasteiger partial charge in [-0.25, -0.2) is 0 Å². The Morgan fingerprint density at radius 1 is 1.31 bits per heavy atom. The van der Waals surface area contributed by atoms with Crippen molar-refractivity contribution in [3.8, 4) is 0 Å². The van der Waals surface area contributed by atoms with Crippen molar-refractivity contribution in [2.45, 2.75) is 6.04 Å². The Morgan fingerprint density at radius 3 is 2.88 bits per heavy atom. The van der Waals surface area contributed by atoms with Crippen LogP contribution in [0.2, 0.25) is 0 Å². The third-order valence-electron chi connectivity index (χ3n) is 3.19. The van der Waals surface area contributed by atoms with Crippen molar-refractivity contribution in [1.82, 2.24) is 15.5 Å². The molecule has 1 aromatic heterocycles. The molecule has 0 bridgehead atoms. The summed E-state index contributed by atoms with van der Waals surface area (Å²) in [6, 6.07) is 8.78. The molecule has 1 aliphatic rings. The quantitative estimate of drug-likeness (QED) is 0.811. The van der Waals surface area contributed by atoms with Crippen LogP contribution in [-0.4, -0.2) is 36.4 Å². The molecule has 1 N–H and O–H groups in total. The molecule has 2 heterocycles. The Labute approximate surface area is 94.3 Å². The molecule has 0 radical (unpaired) electrons. The van der Waals surface area contributed by atoms with Gasteiger partial charge in [-0.05, 0) is 0 Å². The molecule has 0 saturated carbocycles. The van der Waals surface area contributed by atoms with E-state index in [9.17, 15) is 0 Å². The third kappa shape index (κ3) is 1.42. The molecule has 82 valence electrons. The normalized spacial score (nSPS) is 16.1. The Morgan fingerprint density at radius 2 is 2.12 bits per heavy atom. The molecule has 0 amide bonds. The summed E-state index contributed by atoms with van der Waals surface area (Å²) in [6.07, 6.45) is 1.81. The predicted molar refractivity (Wildman–Crippen MR) is 64.6 cm³/mol. The zero-order valence-electron chi connectivity index (χ0n) is 9.22. The van der Waals surface area contributed by atoms with E-state index >= 15 is 0 Å². The van der Waals surface area contributed by atoms with Crippen molar-refractivity contribution in [2.24, 2.45) is 0 Å². The van der Waals surface area contributed by atoms with Gasteiger partial charge in [0.05, 0.1) is 12.2 Å². The highest BCUT2D eigenvalue weighted by molar-refractivity contribution is 5.91. The van der Waals surface area contributed by atoms with Crippen molar-refractivity contribution in [3.05, 3.63) is 30.5 Å². The first-order valence-corrected chi connectivity index (χ1v) is 5.50. The summed E-state index contributed by atoms with van der Waals surface area (Å²) in [5.41, 5.74) is 0. The van der Waals surface area contributed by atoms with Crippen molar-refractivity contribution in [1.29, 1.82) is 0 Å². The van der Waals surface area contributed by atoms with Gasteiger partial charge in [0.1, 0.15) is 0 Å². The number of hydrogen-bond acceptors (Lipinski definition) is 4. The summed E-state index contributed by atoms with van der Waals surface area (Å²) in [6.45, 7) is 2.06. The number of fused-ring (bicyclic) bond motifs is 1. The number of rotatable bonds is 2. The lowest BCUT2D eigenvalue weighted by Crippen LogP contribution is -2.56. The first-order chi connectivity index (χ1) is 7.86. The maximum atomic E-state index is 4.26. The van der Waals surface area contributed by atoms with E-state index in [0.29, 0.717) is 6.04 Å². The van der Waals surface area contributed by atoms with E-state index in [0.717, 1.165) is 24.3 Å². The second kappa shape index (κ2) is 3.72. The van der Waals surface area contributed by atoms with Crippen LogP contribution < -0.4 is 10.2 Å². The number of aromatic nitrogens is 2. The SMILES string of the molecule is CN(c1nncc2ccccc12)C1CNC1. The number of nitrogens with zero attached hydrogens (tertiary/aromatic N) is 3. The molecule has 0 spiro atoms. The maximum absolute atomic E-state index is 4.26. The number of anilines is 1. The molecule has 1 aromatic carbocycles. The summed E-state index contributed by atoms with van der Waals surface area (Å²) in [7, 11) is 2.09. The van der Waals surface area contributed by atoms with Crippen LogP contribution in [0.4, 0.5) is 5.82 Å². The lowest BCUT2D eigenvalue weighted by atomic mass is 10.1. The smallest absolute Gasteiger partial charge is 0.159 e. The van der Waals surface area contributed by atoms with Gasteiger partial charge in [0.2, 0.25) is 0 Å². The van der Waals surface area contributed by atoms with Gasteiger partial charge in [0.25, 0.3) is 0 Å². The Kier molecular flexibility index (Phi) is 2.22. The van der Waals surface area contributed by atoms with Crippen molar-refractivity contribution in [2.75, 3.05) is 25.0 Å². The van der Waals surface area contributed by atoms with E-state index in [4.69, 9.17) is 0 Å². The molecular weight excluding hydrogens is 200 g/mol. The first-order valence-electron chi connectivity index (χ1n) is 5.50. The van der Waals surface area contributed by atoms with Gasteiger partial charge in [0.15, 0.2) is 5.82 Å². The molecule has 1 fully saturated rings. The van der Waals surface area contributed by atoms with Gasteiger partial charge >= 0.3 is 0 Å². The molecule has 3 rings (SSSR count). The molecule has 16 heavy (non-hydrogen) atoms. The highest BCUT2D eigenvalue weighted by Crippen LogP contribution is 2.24. The summed E-state index contributed by atoms with van der Waals surface area (Å²) in [5.74, 6) is 0.976. The minimum absolute atomic E-state index is 0.542. The largest absolute Gasteiger partial charge is 0.352 e. The minimum atomic E-state index is 0.542. The zero-order chi connectivity index (χ0) is 11.0. The Balaban J connectivity index is 2.08. The van der Waals surface area contributed by atoms with Crippen molar-refractivity contribution >= 4 is 16.6 Å². The van der Waals surface area contributed by atoms with E-state index in [-0.39, 0.29) is 0 Å². The topological polar surface area (TPSA) is 41.1 Å². The zero-order valence-corrected chi connectivity index (χ0v) is 9.22. The van der Waals surface area contributed by atoms with Crippen LogP contribution in [0, 0.1) is 0 Å². The summed E-state index contributed by atoms with van der Waals surface area (Å²) in [5, 5.41) is 13.9. The lowest BCUT2D eigenvalue weighted by Gasteiger charge is -2.36. The van der Waals surface area contributed by atoms with Gasteiger partial charge in [-0.1, -0.05) is 24.3 Å². The fourth-order valence-corrected chi connectivity index (χ4v) is 1.99. The van der Waals surface area contributed by atoms with Crippen LogP contribution in [0.25, 0.3) is 10.8 Å². The van der Waals surface area contributed by atoms with Crippen LogP contribution in [-0.2, 0) is 0 Å². The van der Waals surface area contributed by atoms with Crippen LogP contribution in [0.1, 0.15) is 0 Å². The Bertz CT molecular complexity index is 502. The average Bonchev–Trinajstić information content (AvgIpc) is 2.26. The van der Waals surface area contributed by atoms with E-state index in [2.05, 4.69) is 39.6 Å². The fraction of sp³-hybridized carbons (Fsp3) is 0.333.